The molecule has 3 rings (SSSR count). The van der Waals surface area contributed by atoms with E-state index in [0.29, 0.717) is 18.3 Å². The van der Waals surface area contributed by atoms with Gasteiger partial charge in [-0.3, -0.25) is 4.68 Å². The van der Waals surface area contributed by atoms with Crippen LogP contribution < -0.4 is 0 Å². The molecule has 0 saturated carbocycles. The largest absolute Gasteiger partial charge is 0.424 e. The normalized spacial score (nSPS) is 11.1. The molecule has 2 aromatic heterocycles. The van der Waals surface area contributed by atoms with E-state index in [0.717, 1.165) is 10.9 Å². The maximum Gasteiger partial charge on any atom is 0.237 e. The molecule has 0 spiro atoms. The van der Waals surface area contributed by atoms with E-state index in [2.05, 4.69) is 15.3 Å². The summed E-state index contributed by atoms with van der Waals surface area (Å²) in [6.07, 6.45) is 1.83. The lowest BCUT2D eigenvalue weighted by molar-refractivity contribution is 0.447. The Morgan fingerprint density at radius 2 is 2.12 bits per heavy atom. The number of para-hydroxylation sites is 1. The second kappa shape index (κ2) is 3.44. The molecule has 0 fully saturated rings. The predicted molar refractivity (Wildman–Crippen MR) is 57.9 cm³/mol. The fraction of sp³-hybridized carbons (Fsp3) is 0.182. The summed E-state index contributed by atoms with van der Waals surface area (Å²) < 4.78 is 7.17. The molecule has 5 heteroatoms. The lowest BCUT2D eigenvalue weighted by Crippen LogP contribution is -2.01. The molecule has 5 nitrogen and oxygen atoms in total. The number of benzene rings is 1. The van der Waals surface area contributed by atoms with Gasteiger partial charge in [0.25, 0.3) is 0 Å². The molecule has 1 aromatic carbocycles. The van der Waals surface area contributed by atoms with Gasteiger partial charge in [0, 0.05) is 12.3 Å². The van der Waals surface area contributed by atoms with E-state index in [1.54, 1.807) is 6.92 Å². The molecule has 80 valence electrons. The summed E-state index contributed by atoms with van der Waals surface area (Å²) in [5.41, 5.74) is 1.07. The Kier molecular flexibility index (Phi) is 1.96. The van der Waals surface area contributed by atoms with E-state index in [1.807, 2.05) is 35.1 Å². The molecule has 0 atom stereocenters. The Hall–Kier alpha value is -2.17. The van der Waals surface area contributed by atoms with Crippen molar-refractivity contribution in [2.75, 3.05) is 0 Å². The number of fused-ring (bicyclic) bond motifs is 1. The molecule has 0 aliphatic heterocycles. The van der Waals surface area contributed by atoms with Crippen LogP contribution in [0.3, 0.4) is 0 Å². The minimum Gasteiger partial charge on any atom is -0.424 e. The van der Waals surface area contributed by atoms with E-state index in [1.165, 1.54) is 0 Å². The third kappa shape index (κ3) is 1.46. The first-order valence-corrected chi connectivity index (χ1v) is 5.02. The summed E-state index contributed by atoms with van der Waals surface area (Å²) in [6.45, 7) is 2.28. The Morgan fingerprint density at radius 3 is 2.94 bits per heavy atom. The lowest BCUT2D eigenvalue weighted by atomic mass is 10.3. The van der Waals surface area contributed by atoms with Gasteiger partial charge in [0.2, 0.25) is 11.8 Å². The van der Waals surface area contributed by atoms with Crippen molar-refractivity contribution < 1.29 is 4.42 Å². The molecule has 3 aromatic rings. The molecule has 0 amide bonds. The Labute approximate surface area is 91.7 Å². The van der Waals surface area contributed by atoms with Gasteiger partial charge in [-0.05, 0) is 6.07 Å². The van der Waals surface area contributed by atoms with Gasteiger partial charge in [-0.15, -0.1) is 10.2 Å². The molecule has 0 N–H and O–H groups in total. The van der Waals surface area contributed by atoms with E-state index in [-0.39, 0.29) is 0 Å². The van der Waals surface area contributed by atoms with Crippen molar-refractivity contribution in [3.8, 4) is 0 Å². The molecule has 0 unspecified atom stereocenters. The maximum absolute atomic E-state index is 5.32. The molecule has 0 radical (unpaired) electrons. The maximum atomic E-state index is 5.32. The van der Waals surface area contributed by atoms with Crippen molar-refractivity contribution in [1.29, 1.82) is 0 Å². The Morgan fingerprint density at radius 1 is 1.25 bits per heavy atom. The fourth-order valence-corrected chi connectivity index (χ4v) is 1.68. The standard InChI is InChI=1S/C11H10N4O/c1-8-13-14-11(16-8)7-15-10-5-3-2-4-9(10)6-12-15/h2-6H,7H2,1H3. The fourth-order valence-electron chi connectivity index (χ4n) is 1.68. The van der Waals surface area contributed by atoms with Gasteiger partial charge < -0.3 is 4.42 Å². The average molecular weight is 214 g/mol. The van der Waals surface area contributed by atoms with Crippen LogP contribution >= 0.6 is 0 Å². The van der Waals surface area contributed by atoms with E-state index < -0.39 is 0 Å². The quantitative estimate of drug-likeness (QED) is 0.652. The average Bonchev–Trinajstić information content (AvgIpc) is 2.87. The number of aromatic nitrogens is 4. The summed E-state index contributed by atoms with van der Waals surface area (Å²) >= 11 is 0. The van der Waals surface area contributed by atoms with Gasteiger partial charge in [-0.25, -0.2) is 0 Å². The van der Waals surface area contributed by atoms with Crippen LogP contribution in [0.25, 0.3) is 10.9 Å². The highest BCUT2D eigenvalue weighted by Crippen LogP contribution is 2.13. The van der Waals surface area contributed by atoms with E-state index in [9.17, 15) is 0 Å². The minimum absolute atomic E-state index is 0.508. The van der Waals surface area contributed by atoms with Crippen LogP contribution in [0.1, 0.15) is 11.8 Å². The summed E-state index contributed by atoms with van der Waals surface area (Å²) in [6, 6.07) is 8.02. The van der Waals surface area contributed by atoms with Gasteiger partial charge in [0.15, 0.2) is 0 Å². The van der Waals surface area contributed by atoms with Crippen molar-refractivity contribution in [3.05, 3.63) is 42.2 Å². The van der Waals surface area contributed by atoms with Crippen molar-refractivity contribution in [2.24, 2.45) is 0 Å². The molecule has 0 aliphatic carbocycles. The predicted octanol–water partition coefficient (Wildman–Crippen LogP) is 1.78. The van der Waals surface area contributed by atoms with Gasteiger partial charge in [0.05, 0.1) is 11.7 Å². The van der Waals surface area contributed by atoms with E-state index >= 15 is 0 Å². The highest BCUT2D eigenvalue weighted by molar-refractivity contribution is 5.78. The molecule has 2 heterocycles. The molecule has 0 saturated heterocycles. The van der Waals surface area contributed by atoms with Gasteiger partial charge in [0.1, 0.15) is 6.54 Å². The van der Waals surface area contributed by atoms with Gasteiger partial charge >= 0.3 is 0 Å². The minimum atomic E-state index is 0.508. The zero-order valence-corrected chi connectivity index (χ0v) is 8.79. The first-order valence-electron chi connectivity index (χ1n) is 5.02. The second-order valence-electron chi connectivity index (χ2n) is 3.58. The van der Waals surface area contributed by atoms with Crippen LogP contribution in [-0.4, -0.2) is 20.0 Å². The monoisotopic (exact) mass is 214 g/mol. The van der Waals surface area contributed by atoms with Gasteiger partial charge in [-0.1, -0.05) is 18.2 Å². The number of aryl methyl sites for hydroxylation is 1. The highest BCUT2D eigenvalue weighted by Gasteiger charge is 2.06. The number of nitrogens with zero attached hydrogens (tertiary/aromatic N) is 4. The van der Waals surface area contributed by atoms with Crippen LogP contribution in [0.2, 0.25) is 0 Å². The zero-order chi connectivity index (χ0) is 11.0. The van der Waals surface area contributed by atoms with Crippen LogP contribution in [-0.2, 0) is 6.54 Å². The molecular weight excluding hydrogens is 204 g/mol. The summed E-state index contributed by atoms with van der Waals surface area (Å²) in [7, 11) is 0. The summed E-state index contributed by atoms with van der Waals surface area (Å²) in [5.74, 6) is 1.15. The highest BCUT2D eigenvalue weighted by atomic mass is 16.4. The third-order valence-electron chi connectivity index (χ3n) is 2.40. The lowest BCUT2D eigenvalue weighted by Gasteiger charge is -1.98. The molecular formula is C11H10N4O. The van der Waals surface area contributed by atoms with Crippen LogP contribution in [0.4, 0.5) is 0 Å². The number of hydrogen-bond donors (Lipinski definition) is 0. The first-order chi connectivity index (χ1) is 7.83. The summed E-state index contributed by atoms with van der Waals surface area (Å²) in [4.78, 5) is 0. The van der Waals surface area contributed by atoms with Crippen LogP contribution in [0.15, 0.2) is 34.9 Å². The topological polar surface area (TPSA) is 56.7 Å². The number of hydrogen-bond acceptors (Lipinski definition) is 4. The van der Waals surface area contributed by atoms with Crippen LogP contribution in [0.5, 0.6) is 0 Å². The third-order valence-corrected chi connectivity index (χ3v) is 2.40. The Balaban J connectivity index is 2.00. The van der Waals surface area contributed by atoms with Crippen LogP contribution in [0, 0.1) is 6.92 Å². The van der Waals surface area contributed by atoms with Gasteiger partial charge in [-0.2, -0.15) is 5.10 Å². The molecule has 0 aliphatic rings. The van der Waals surface area contributed by atoms with Crippen molar-refractivity contribution in [3.63, 3.8) is 0 Å². The Bertz CT molecular complexity index is 625. The summed E-state index contributed by atoms with van der Waals surface area (Å²) in [5, 5.41) is 13.1. The van der Waals surface area contributed by atoms with E-state index in [4.69, 9.17) is 4.42 Å². The van der Waals surface area contributed by atoms with Crippen molar-refractivity contribution in [2.45, 2.75) is 13.5 Å². The number of rotatable bonds is 2. The molecule has 0 bridgehead atoms. The zero-order valence-electron chi connectivity index (χ0n) is 8.79. The van der Waals surface area contributed by atoms with Crippen molar-refractivity contribution >= 4 is 10.9 Å². The van der Waals surface area contributed by atoms with Crippen molar-refractivity contribution in [1.82, 2.24) is 20.0 Å². The first kappa shape index (κ1) is 9.08. The smallest absolute Gasteiger partial charge is 0.237 e. The second-order valence-corrected chi connectivity index (χ2v) is 3.58. The SMILES string of the molecule is Cc1nnc(Cn2ncc3ccccc32)o1. The molecule has 16 heavy (non-hydrogen) atoms.